The lowest BCUT2D eigenvalue weighted by molar-refractivity contribution is -0.281. The van der Waals surface area contributed by atoms with E-state index in [9.17, 15) is 53.5 Å². The summed E-state index contributed by atoms with van der Waals surface area (Å²) in [4.78, 5) is 21.5. The first-order valence-electron chi connectivity index (χ1n) is 15.6. The molecule has 0 aromatic carbocycles. The van der Waals surface area contributed by atoms with Crippen LogP contribution in [0, 0.1) is 0 Å². The van der Waals surface area contributed by atoms with Gasteiger partial charge in [0.2, 0.25) is 0 Å². The average molecular weight is 795 g/mol. The lowest BCUT2D eigenvalue weighted by Gasteiger charge is -2.17. The van der Waals surface area contributed by atoms with Crippen LogP contribution in [0.15, 0.2) is 0 Å². The second kappa shape index (κ2) is 29.2. The first-order valence-corrected chi connectivity index (χ1v) is 15.6. The second-order valence-corrected chi connectivity index (χ2v) is 9.54. The molecule has 0 aliphatic rings. The van der Waals surface area contributed by atoms with E-state index in [1.54, 1.807) is 0 Å². The van der Waals surface area contributed by atoms with Crippen molar-refractivity contribution in [1.29, 1.82) is 0 Å². The van der Waals surface area contributed by atoms with Crippen LogP contribution in [-0.2, 0) is 66.4 Å². The highest BCUT2D eigenvalue weighted by Gasteiger charge is 2.65. The molecule has 0 atom stereocenters. The number of rotatable bonds is 35. The van der Waals surface area contributed by atoms with E-state index in [1.807, 2.05) is 0 Å². The maximum atomic E-state index is 12.7. The van der Waals surface area contributed by atoms with E-state index < -0.39 is 49.4 Å². The quantitative estimate of drug-likeness (QED) is 0.0527. The predicted molar refractivity (Wildman–Crippen MR) is 152 cm³/mol. The molecule has 0 aromatic heterocycles. The Hall–Kier alpha value is -2.16. The molecule has 0 saturated heterocycles. The van der Waals surface area contributed by atoms with E-state index in [2.05, 4.69) is 9.47 Å². The van der Waals surface area contributed by atoms with Gasteiger partial charge in [-0.05, 0) is 0 Å². The number of carbonyl (C=O) groups is 2. The average Bonchev–Trinajstić information content (AvgIpc) is 3.07. The molecule has 0 bridgehead atoms. The summed E-state index contributed by atoms with van der Waals surface area (Å²) in [5.41, 5.74) is 0. The lowest BCUT2D eigenvalue weighted by atomic mass is 10.3. The van der Waals surface area contributed by atoms with Gasteiger partial charge in [0.25, 0.3) is 0 Å². The molecular weight excluding hydrogens is 750 g/mol. The molecule has 0 amide bonds. The monoisotopic (exact) mass is 794 g/mol. The summed E-state index contributed by atoms with van der Waals surface area (Å²) >= 11 is 0. The molecular formula is C28H44F10O14. The Morgan fingerprint density at radius 1 is 0.269 bits per heavy atom. The first kappa shape index (κ1) is 49.8. The van der Waals surface area contributed by atoms with Gasteiger partial charge < -0.3 is 56.8 Å². The maximum absolute atomic E-state index is 12.7. The Kier molecular flexibility index (Phi) is 28.0. The van der Waals surface area contributed by atoms with Crippen molar-refractivity contribution in [3.05, 3.63) is 0 Å². The fraction of sp³-hybridized carbons (Fsp3) is 0.929. The number of ether oxygens (including phenoxy) is 12. The van der Waals surface area contributed by atoms with Gasteiger partial charge in [-0.1, -0.05) is 0 Å². The van der Waals surface area contributed by atoms with Crippen molar-refractivity contribution in [1.82, 2.24) is 0 Å². The molecule has 0 fully saturated rings. The van der Waals surface area contributed by atoms with Gasteiger partial charge in [0, 0.05) is 0 Å². The molecule has 0 aliphatic heterocycles. The first-order chi connectivity index (χ1) is 24.5. The summed E-state index contributed by atoms with van der Waals surface area (Å²) in [5, 5.41) is 0. The number of hydrogen-bond acceptors (Lipinski definition) is 14. The van der Waals surface area contributed by atoms with Crippen molar-refractivity contribution < 1.29 is 110 Å². The smallest absolute Gasteiger partial charge is 0.459 e. The van der Waals surface area contributed by atoms with Gasteiger partial charge >= 0.3 is 36.1 Å². The van der Waals surface area contributed by atoms with Gasteiger partial charge in [-0.3, -0.25) is 0 Å². The standard InChI is InChI=1S/C28H44F10O14/c29-25(30,27(33,34)35)23(39)51-21-19-49-17-15-47-13-11-45-9-7-43-5-3-41-1-2-42-4-6-44-8-10-46-12-14-48-16-18-50-20-22-52-24(40)26(31,32)28(36,37)38/h1-22H2. The molecule has 310 valence electrons. The third-order valence-electron chi connectivity index (χ3n) is 5.49. The minimum absolute atomic E-state index is 0.0100. The Labute approximate surface area is 292 Å². The zero-order valence-corrected chi connectivity index (χ0v) is 28.1. The summed E-state index contributed by atoms with van der Waals surface area (Å²) < 4.78 is 182. The summed E-state index contributed by atoms with van der Waals surface area (Å²) in [6.45, 7) is 2.05. The molecule has 0 saturated carbocycles. The summed E-state index contributed by atoms with van der Waals surface area (Å²) in [7, 11) is 0. The van der Waals surface area contributed by atoms with Crippen LogP contribution in [-0.4, -0.2) is 181 Å². The zero-order chi connectivity index (χ0) is 39.2. The highest BCUT2D eigenvalue weighted by Crippen LogP contribution is 2.37. The Balaban J connectivity index is 3.26. The van der Waals surface area contributed by atoms with Crippen LogP contribution in [0.4, 0.5) is 43.9 Å². The highest BCUT2D eigenvalue weighted by molar-refractivity contribution is 5.79. The Morgan fingerprint density at radius 3 is 0.538 bits per heavy atom. The van der Waals surface area contributed by atoms with Gasteiger partial charge in [0.15, 0.2) is 0 Å². The van der Waals surface area contributed by atoms with Gasteiger partial charge in [-0.25, -0.2) is 9.59 Å². The zero-order valence-electron chi connectivity index (χ0n) is 28.1. The fourth-order valence-corrected chi connectivity index (χ4v) is 2.88. The molecule has 0 radical (unpaired) electrons. The number of esters is 2. The van der Waals surface area contributed by atoms with E-state index in [-0.39, 0.29) is 66.1 Å². The minimum Gasteiger partial charge on any atom is -0.459 e. The number of hydrogen-bond donors (Lipinski definition) is 0. The Morgan fingerprint density at radius 2 is 0.404 bits per heavy atom. The maximum Gasteiger partial charge on any atom is 0.465 e. The molecule has 24 heteroatoms. The number of alkyl halides is 10. The molecule has 14 nitrogen and oxygen atoms in total. The van der Waals surface area contributed by atoms with Crippen LogP contribution >= 0.6 is 0 Å². The van der Waals surface area contributed by atoms with Gasteiger partial charge in [0.1, 0.15) is 13.2 Å². The molecule has 0 rings (SSSR count). The van der Waals surface area contributed by atoms with E-state index in [4.69, 9.17) is 47.4 Å². The molecule has 0 N–H and O–H groups in total. The van der Waals surface area contributed by atoms with Crippen molar-refractivity contribution in [3.63, 3.8) is 0 Å². The number of carbonyl (C=O) groups excluding carboxylic acids is 2. The molecule has 0 aliphatic carbocycles. The van der Waals surface area contributed by atoms with E-state index >= 15 is 0 Å². The minimum atomic E-state index is -6.03. The van der Waals surface area contributed by atoms with Gasteiger partial charge in [-0.2, -0.15) is 43.9 Å². The predicted octanol–water partition coefficient (Wildman–Crippen LogP) is 2.63. The van der Waals surface area contributed by atoms with E-state index in [0.717, 1.165) is 0 Å². The van der Waals surface area contributed by atoms with Gasteiger partial charge in [-0.15, -0.1) is 0 Å². The molecule has 0 aromatic rings. The van der Waals surface area contributed by atoms with Crippen molar-refractivity contribution in [3.8, 4) is 0 Å². The lowest BCUT2D eigenvalue weighted by Crippen LogP contribution is -2.45. The molecule has 0 spiro atoms. The van der Waals surface area contributed by atoms with Crippen molar-refractivity contribution in [2.75, 3.05) is 145 Å². The summed E-state index contributed by atoms with van der Waals surface area (Å²) in [6, 6.07) is 0. The topological polar surface area (TPSA) is 145 Å². The second-order valence-electron chi connectivity index (χ2n) is 9.54. The van der Waals surface area contributed by atoms with Crippen molar-refractivity contribution >= 4 is 11.9 Å². The highest BCUT2D eigenvalue weighted by atomic mass is 19.4. The van der Waals surface area contributed by atoms with Crippen LogP contribution in [0.1, 0.15) is 0 Å². The molecule has 0 unspecified atom stereocenters. The third kappa shape index (κ3) is 25.0. The van der Waals surface area contributed by atoms with Crippen LogP contribution < -0.4 is 0 Å². The number of halogens is 10. The van der Waals surface area contributed by atoms with Crippen LogP contribution in [0.3, 0.4) is 0 Å². The summed E-state index contributed by atoms with van der Waals surface area (Å²) in [6.07, 6.45) is -12.1. The normalized spacial score (nSPS) is 12.7. The van der Waals surface area contributed by atoms with Crippen LogP contribution in [0.5, 0.6) is 0 Å². The van der Waals surface area contributed by atoms with Gasteiger partial charge in [0.05, 0.1) is 132 Å². The fourth-order valence-electron chi connectivity index (χ4n) is 2.88. The van der Waals surface area contributed by atoms with Crippen LogP contribution in [0.2, 0.25) is 0 Å². The van der Waals surface area contributed by atoms with E-state index in [0.29, 0.717) is 66.1 Å². The van der Waals surface area contributed by atoms with Crippen LogP contribution in [0.25, 0.3) is 0 Å². The molecule has 0 heterocycles. The van der Waals surface area contributed by atoms with Crippen molar-refractivity contribution in [2.24, 2.45) is 0 Å². The molecule has 52 heavy (non-hydrogen) atoms. The third-order valence-corrected chi connectivity index (χ3v) is 5.49. The van der Waals surface area contributed by atoms with Crippen molar-refractivity contribution in [2.45, 2.75) is 24.2 Å². The largest absolute Gasteiger partial charge is 0.465 e. The van der Waals surface area contributed by atoms with E-state index in [1.165, 1.54) is 0 Å². The SMILES string of the molecule is O=C(OCCOCCOCCOCCOCCOCCOCCOCCOCCOCCOCCOC(=O)C(F)(F)C(F)(F)F)C(F)(F)C(F)(F)F. The Bertz CT molecular complexity index is 828. The summed E-state index contributed by atoms with van der Waals surface area (Å²) in [5.74, 6) is -16.6.